The van der Waals surface area contributed by atoms with Crippen LogP contribution in [0, 0.1) is 0 Å². The van der Waals surface area contributed by atoms with E-state index in [0.717, 1.165) is 34.1 Å². The second kappa shape index (κ2) is 7.50. The molecule has 0 spiro atoms. The van der Waals surface area contributed by atoms with Crippen molar-refractivity contribution in [2.75, 3.05) is 7.05 Å². The molecule has 7 nitrogen and oxygen atoms in total. The number of fused-ring (bicyclic) bond motifs is 2. The van der Waals surface area contributed by atoms with Crippen LogP contribution in [0.5, 0.6) is 0 Å². The molecule has 29 heavy (non-hydrogen) atoms. The first-order chi connectivity index (χ1) is 14.0. The van der Waals surface area contributed by atoms with Gasteiger partial charge in [0.1, 0.15) is 18.0 Å². The molecule has 1 atom stereocenters. The summed E-state index contributed by atoms with van der Waals surface area (Å²) in [5, 5.41) is 3.67. The van der Waals surface area contributed by atoms with Gasteiger partial charge in [-0.1, -0.05) is 6.07 Å². The number of hydrogen-bond donors (Lipinski definition) is 1. The number of aldehydes is 1. The highest BCUT2D eigenvalue weighted by molar-refractivity contribution is 6.01. The van der Waals surface area contributed by atoms with Gasteiger partial charge in [-0.15, -0.1) is 0 Å². The predicted octanol–water partition coefficient (Wildman–Crippen LogP) is 2.29. The zero-order valence-electron chi connectivity index (χ0n) is 16.4. The van der Waals surface area contributed by atoms with Gasteiger partial charge in [-0.25, -0.2) is 4.98 Å². The van der Waals surface area contributed by atoms with Crippen LogP contribution in [0.15, 0.2) is 42.6 Å². The SMILES string of the molecule is CNC(=O)C(CCC=O)N1Cc2cc(-c3ccc4ccn(C)c4n3)ccc2C1=O. The van der Waals surface area contributed by atoms with E-state index in [2.05, 4.69) is 5.32 Å². The van der Waals surface area contributed by atoms with Gasteiger partial charge in [0.15, 0.2) is 0 Å². The van der Waals surface area contributed by atoms with Gasteiger partial charge in [-0.2, -0.15) is 0 Å². The molecule has 3 aromatic rings. The number of benzene rings is 1. The lowest BCUT2D eigenvalue weighted by Gasteiger charge is -2.25. The number of carbonyl (C=O) groups is 3. The van der Waals surface area contributed by atoms with Crippen LogP contribution >= 0.6 is 0 Å². The quantitative estimate of drug-likeness (QED) is 0.655. The lowest BCUT2D eigenvalue weighted by Crippen LogP contribution is -2.46. The molecule has 0 saturated carbocycles. The minimum absolute atomic E-state index is 0.183. The Labute approximate surface area is 168 Å². The van der Waals surface area contributed by atoms with Crippen molar-refractivity contribution >= 4 is 29.1 Å². The van der Waals surface area contributed by atoms with Crippen LogP contribution in [-0.2, 0) is 23.2 Å². The van der Waals surface area contributed by atoms with E-state index in [-0.39, 0.29) is 18.2 Å². The summed E-state index contributed by atoms with van der Waals surface area (Å²) in [5.41, 5.74) is 4.10. The van der Waals surface area contributed by atoms with E-state index >= 15 is 0 Å². The highest BCUT2D eigenvalue weighted by atomic mass is 16.2. The topological polar surface area (TPSA) is 84.3 Å². The van der Waals surface area contributed by atoms with Crippen LogP contribution in [-0.4, -0.2) is 45.6 Å². The van der Waals surface area contributed by atoms with Crippen molar-refractivity contribution in [2.45, 2.75) is 25.4 Å². The van der Waals surface area contributed by atoms with Gasteiger partial charge in [0, 0.05) is 49.8 Å². The lowest BCUT2D eigenvalue weighted by molar-refractivity contribution is -0.125. The molecule has 7 heteroatoms. The van der Waals surface area contributed by atoms with E-state index < -0.39 is 6.04 Å². The van der Waals surface area contributed by atoms with E-state index in [1.54, 1.807) is 11.0 Å². The molecule has 1 unspecified atom stereocenters. The van der Waals surface area contributed by atoms with E-state index in [4.69, 9.17) is 4.98 Å². The van der Waals surface area contributed by atoms with Crippen molar-refractivity contribution in [1.29, 1.82) is 0 Å². The molecular formula is C22H22N4O3. The number of aromatic nitrogens is 2. The fourth-order valence-corrected chi connectivity index (χ4v) is 3.87. The molecule has 1 aliphatic rings. The van der Waals surface area contributed by atoms with E-state index in [1.807, 2.05) is 48.1 Å². The molecular weight excluding hydrogens is 368 g/mol. The van der Waals surface area contributed by atoms with E-state index in [0.29, 0.717) is 18.5 Å². The first-order valence-electron chi connectivity index (χ1n) is 9.55. The molecule has 0 bridgehead atoms. The molecule has 2 aromatic heterocycles. The number of pyridine rings is 1. The minimum Gasteiger partial charge on any atom is -0.357 e. The molecule has 3 heterocycles. The predicted molar refractivity (Wildman–Crippen MR) is 109 cm³/mol. The second-order valence-corrected chi connectivity index (χ2v) is 7.22. The normalized spacial score (nSPS) is 14.1. The van der Waals surface area contributed by atoms with Crippen LogP contribution in [0.1, 0.15) is 28.8 Å². The largest absolute Gasteiger partial charge is 0.357 e. The molecule has 1 N–H and O–H groups in total. The van der Waals surface area contributed by atoms with Gasteiger partial charge in [0.05, 0.1) is 5.69 Å². The third-order valence-electron chi connectivity index (χ3n) is 5.43. The average Bonchev–Trinajstić information content (AvgIpc) is 3.27. The summed E-state index contributed by atoms with van der Waals surface area (Å²) in [7, 11) is 3.49. The fraction of sp³-hybridized carbons (Fsp3) is 0.273. The van der Waals surface area contributed by atoms with Crippen molar-refractivity contribution in [3.05, 3.63) is 53.7 Å². The zero-order chi connectivity index (χ0) is 20.5. The number of hydrogen-bond acceptors (Lipinski definition) is 4. The van der Waals surface area contributed by atoms with Crippen molar-refractivity contribution in [2.24, 2.45) is 7.05 Å². The third kappa shape index (κ3) is 3.29. The molecule has 0 fully saturated rings. The van der Waals surface area contributed by atoms with Crippen molar-refractivity contribution in [1.82, 2.24) is 19.8 Å². The Morgan fingerprint density at radius 1 is 1.28 bits per heavy atom. The molecule has 0 aliphatic carbocycles. The maximum atomic E-state index is 12.9. The summed E-state index contributed by atoms with van der Waals surface area (Å²) in [6, 6.07) is 11.0. The Bertz CT molecular complexity index is 1120. The number of rotatable bonds is 6. The number of likely N-dealkylation sites (N-methyl/N-ethyl adjacent to an activating group) is 1. The van der Waals surface area contributed by atoms with Crippen LogP contribution in [0.2, 0.25) is 0 Å². The molecule has 1 aliphatic heterocycles. The Hall–Kier alpha value is -3.48. The highest BCUT2D eigenvalue weighted by Crippen LogP contribution is 2.30. The lowest BCUT2D eigenvalue weighted by atomic mass is 10.0. The van der Waals surface area contributed by atoms with Gasteiger partial charge >= 0.3 is 0 Å². The summed E-state index contributed by atoms with van der Waals surface area (Å²) in [6.45, 7) is 0.339. The Kier molecular flexibility index (Phi) is 4.88. The summed E-state index contributed by atoms with van der Waals surface area (Å²) in [6.07, 6.45) is 3.28. The van der Waals surface area contributed by atoms with Crippen molar-refractivity contribution in [3.63, 3.8) is 0 Å². The average molecular weight is 390 g/mol. The molecule has 2 amide bonds. The maximum Gasteiger partial charge on any atom is 0.255 e. The number of nitrogens with one attached hydrogen (secondary N) is 1. The fourth-order valence-electron chi connectivity index (χ4n) is 3.87. The van der Waals surface area contributed by atoms with Crippen LogP contribution in [0.4, 0.5) is 0 Å². The first-order valence-corrected chi connectivity index (χ1v) is 9.55. The van der Waals surface area contributed by atoms with Gasteiger partial charge in [0.25, 0.3) is 5.91 Å². The summed E-state index contributed by atoms with van der Waals surface area (Å²) in [4.78, 5) is 42.3. The van der Waals surface area contributed by atoms with Crippen molar-refractivity contribution < 1.29 is 14.4 Å². The van der Waals surface area contributed by atoms with Crippen LogP contribution in [0.3, 0.4) is 0 Å². The summed E-state index contributed by atoms with van der Waals surface area (Å²) in [5.74, 6) is -0.444. The van der Waals surface area contributed by atoms with Crippen LogP contribution < -0.4 is 5.32 Å². The van der Waals surface area contributed by atoms with E-state index in [9.17, 15) is 14.4 Å². The summed E-state index contributed by atoms with van der Waals surface area (Å²) < 4.78 is 1.97. The van der Waals surface area contributed by atoms with Crippen molar-refractivity contribution in [3.8, 4) is 11.3 Å². The van der Waals surface area contributed by atoms with E-state index in [1.165, 1.54) is 7.05 Å². The number of aryl methyl sites for hydroxylation is 1. The Balaban J connectivity index is 1.66. The molecule has 148 valence electrons. The van der Waals surface area contributed by atoms with Gasteiger partial charge in [-0.3, -0.25) is 9.59 Å². The van der Waals surface area contributed by atoms with Gasteiger partial charge < -0.3 is 19.6 Å². The maximum absolute atomic E-state index is 12.9. The van der Waals surface area contributed by atoms with Gasteiger partial charge in [-0.05, 0) is 42.3 Å². The zero-order valence-corrected chi connectivity index (χ0v) is 16.4. The monoisotopic (exact) mass is 390 g/mol. The highest BCUT2D eigenvalue weighted by Gasteiger charge is 2.35. The van der Waals surface area contributed by atoms with Crippen LogP contribution in [0.25, 0.3) is 22.3 Å². The Morgan fingerprint density at radius 3 is 2.86 bits per heavy atom. The smallest absolute Gasteiger partial charge is 0.255 e. The Morgan fingerprint density at radius 2 is 2.10 bits per heavy atom. The van der Waals surface area contributed by atoms with Gasteiger partial charge in [0.2, 0.25) is 5.91 Å². The number of carbonyl (C=O) groups excluding carboxylic acids is 3. The molecule has 0 saturated heterocycles. The summed E-state index contributed by atoms with van der Waals surface area (Å²) >= 11 is 0. The third-order valence-corrected chi connectivity index (χ3v) is 5.43. The number of nitrogens with zero attached hydrogens (tertiary/aromatic N) is 3. The standard InChI is InChI=1S/C22H22N4O3/c1-23-21(28)19(4-3-11-27)26-13-16-12-15(5-7-17(16)22(26)29)18-8-6-14-9-10-25(2)20(14)24-18/h5-12,19H,3-4,13H2,1-2H3,(H,23,28). The number of amides is 2. The molecule has 1 aromatic carbocycles. The minimum atomic E-state index is -0.661. The molecule has 0 radical (unpaired) electrons. The first kappa shape index (κ1) is 18.9. The second-order valence-electron chi connectivity index (χ2n) is 7.22. The molecule has 4 rings (SSSR count).